The molecule has 2 rings (SSSR count). The lowest BCUT2D eigenvalue weighted by Crippen LogP contribution is -2.09. The Labute approximate surface area is 124 Å². The molecule has 0 bridgehead atoms. The van der Waals surface area contributed by atoms with E-state index in [0.717, 1.165) is 11.1 Å². The van der Waals surface area contributed by atoms with E-state index in [9.17, 15) is 9.59 Å². The van der Waals surface area contributed by atoms with E-state index in [-0.39, 0.29) is 18.0 Å². The van der Waals surface area contributed by atoms with Gasteiger partial charge < -0.3 is 4.74 Å². The highest BCUT2D eigenvalue weighted by molar-refractivity contribution is 6.13. The van der Waals surface area contributed by atoms with E-state index < -0.39 is 0 Å². The molecular formula is C18H18O3. The molecule has 0 heterocycles. The molecule has 0 aliphatic heterocycles. The Morgan fingerprint density at radius 3 is 1.90 bits per heavy atom. The number of rotatable bonds is 5. The number of hydrogen-bond acceptors (Lipinski definition) is 3. The van der Waals surface area contributed by atoms with Gasteiger partial charge in [0.25, 0.3) is 0 Å². The molecule has 0 unspecified atom stereocenters. The molecule has 3 heteroatoms. The van der Waals surface area contributed by atoms with Crippen molar-refractivity contribution in [1.29, 1.82) is 0 Å². The van der Waals surface area contributed by atoms with Gasteiger partial charge in [-0.05, 0) is 50.2 Å². The van der Waals surface area contributed by atoms with Crippen LogP contribution in [-0.2, 0) is 0 Å². The zero-order chi connectivity index (χ0) is 15.4. The zero-order valence-corrected chi connectivity index (χ0v) is 12.5. The van der Waals surface area contributed by atoms with Gasteiger partial charge >= 0.3 is 0 Å². The monoisotopic (exact) mass is 282 g/mol. The third-order valence-electron chi connectivity index (χ3n) is 3.28. The number of benzene rings is 2. The number of ether oxygens (including phenoxy) is 1. The summed E-state index contributed by atoms with van der Waals surface area (Å²) < 4.78 is 5.05. The first-order valence-electron chi connectivity index (χ1n) is 6.78. The third-order valence-corrected chi connectivity index (χ3v) is 3.28. The summed E-state index contributed by atoms with van der Waals surface area (Å²) in [5.74, 6) is 0.358. The largest absolute Gasteiger partial charge is 0.497 e. The third kappa shape index (κ3) is 3.78. The maximum atomic E-state index is 12.2. The average molecular weight is 282 g/mol. The molecule has 0 spiro atoms. The molecule has 0 radical (unpaired) electrons. The molecule has 0 N–H and O–H groups in total. The van der Waals surface area contributed by atoms with Crippen molar-refractivity contribution in [3.63, 3.8) is 0 Å². The number of Topliss-reactive ketones (excluding diaryl/α,β-unsaturated/α-hetero) is 2. The van der Waals surface area contributed by atoms with E-state index in [4.69, 9.17) is 4.74 Å². The number of carbonyl (C=O) groups is 2. The predicted molar refractivity (Wildman–Crippen MR) is 82.2 cm³/mol. The summed E-state index contributed by atoms with van der Waals surface area (Å²) in [7, 11) is 1.57. The normalized spacial score (nSPS) is 10.2. The highest BCUT2D eigenvalue weighted by Crippen LogP contribution is 2.15. The Kier molecular flexibility index (Phi) is 4.53. The molecule has 108 valence electrons. The van der Waals surface area contributed by atoms with Crippen molar-refractivity contribution < 1.29 is 14.3 Å². The maximum Gasteiger partial charge on any atom is 0.170 e. The molecule has 0 fully saturated rings. The van der Waals surface area contributed by atoms with E-state index in [2.05, 4.69) is 0 Å². The fourth-order valence-corrected chi connectivity index (χ4v) is 2.26. The van der Waals surface area contributed by atoms with Gasteiger partial charge in [0, 0.05) is 11.1 Å². The van der Waals surface area contributed by atoms with Crippen LogP contribution in [0.25, 0.3) is 0 Å². The summed E-state index contributed by atoms with van der Waals surface area (Å²) in [6, 6.07) is 12.4. The summed E-state index contributed by atoms with van der Waals surface area (Å²) >= 11 is 0. The van der Waals surface area contributed by atoms with Crippen molar-refractivity contribution in [3.8, 4) is 5.75 Å². The lowest BCUT2D eigenvalue weighted by Gasteiger charge is -2.05. The number of ketones is 2. The van der Waals surface area contributed by atoms with Crippen molar-refractivity contribution in [3.05, 3.63) is 64.7 Å². The molecule has 0 saturated heterocycles. The molecule has 0 saturated carbocycles. The second kappa shape index (κ2) is 6.35. The molecule has 2 aromatic rings. The summed E-state index contributed by atoms with van der Waals surface area (Å²) in [5.41, 5.74) is 3.16. The van der Waals surface area contributed by atoms with Gasteiger partial charge in [-0.25, -0.2) is 0 Å². The van der Waals surface area contributed by atoms with Crippen LogP contribution in [0.15, 0.2) is 42.5 Å². The van der Waals surface area contributed by atoms with Crippen LogP contribution in [0.4, 0.5) is 0 Å². The first kappa shape index (κ1) is 15.0. The number of aryl methyl sites for hydroxylation is 2. The second-order valence-electron chi connectivity index (χ2n) is 5.13. The molecule has 0 aliphatic carbocycles. The lowest BCUT2D eigenvalue weighted by atomic mass is 9.99. The second-order valence-corrected chi connectivity index (χ2v) is 5.13. The molecule has 0 atom stereocenters. The van der Waals surface area contributed by atoms with Gasteiger partial charge in [0.05, 0.1) is 13.5 Å². The van der Waals surface area contributed by atoms with Crippen LogP contribution in [0.1, 0.15) is 38.3 Å². The fraction of sp³-hybridized carbons (Fsp3) is 0.222. The van der Waals surface area contributed by atoms with Crippen LogP contribution in [0, 0.1) is 13.8 Å². The molecule has 0 aliphatic rings. The number of hydrogen-bond donors (Lipinski definition) is 0. The van der Waals surface area contributed by atoms with E-state index in [1.807, 2.05) is 32.0 Å². The van der Waals surface area contributed by atoms with Crippen molar-refractivity contribution in [2.45, 2.75) is 20.3 Å². The van der Waals surface area contributed by atoms with Gasteiger partial charge in [-0.1, -0.05) is 17.2 Å². The molecule has 2 aromatic carbocycles. The molecular weight excluding hydrogens is 264 g/mol. The Hall–Kier alpha value is -2.42. The van der Waals surface area contributed by atoms with Crippen LogP contribution in [0.2, 0.25) is 0 Å². The zero-order valence-electron chi connectivity index (χ0n) is 12.5. The van der Waals surface area contributed by atoms with Gasteiger partial charge in [0.15, 0.2) is 11.6 Å². The number of methoxy groups -OCH3 is 1. The van der Waals surface area contributed by atoms with E-state index >= 15 is 0 Å². The van der Waals surface area contributed by atoms with Crippen molar-refractivity contribution in [1.82, 2.24) is 0 Å². The highest BCUT2D eigenvalue weighted by Gasteiger charge is 2.14. The Morgan fingerprint density at radius 2 is 1.38 bits per heavy atom. The van der Waals surface area contributed by atoms with Crippen LogP contribution in [-0.4, -0.2) is 18.7 Å². The highest BCUT2D eigenvalue weighted by atomic mass is 16.5. The van der Waals surface area contributed by atoms with Gasteiger partial charge in [0.1, 0.15) is 5.75 Å². The van der Waals surface area contributed by atoms with Gasteiger partial charge in [0.2, 0.25) is 0 Å². The van der Waals surface area contributed by atoms with Gasteiger partial charge in [-0.3, -0.25) is 9.59 Å². The van der Waals surface area contributed by atoms with E-state index in [1.54, 1.807) is 31.4 Å². The molecule has 3 nitrogen and oxygen atoms in total. The summed E-state index contributed by atoms with van der Waals surface area (Å²) in [6.07, 6.45) is -0.116. The van der Waals surface area contributed by atoms with Crippen LogP contribution in [0.3, 0.4) is 0 Å². The summed E-state index contributed by atoms with van der Waals surface area (Å²) in [6.45, 7) is 3.88. The smallest absolute Gasteiger partial charge is 0.170 e. The Morgan fingerprint density at radius 1 is 0.857 bits per heavy atom. The summed E-state index contributed by atoms with van der Waals surface area (Å²) in [5, 5.41) is 0. The topological polar surface area (TPSA) is 43.4 Å². The minimum absolute atomic E-state index is 0.116. The van der Waals surface area contributed by atoms with Gasteiger partial charge in [-0.15, -0.1) is 0 Å². The SMILES string of the molecule is COc1ccc(C(=O)CC(=O)c2cc(C)cc(C)c2)cc1. The standard InChI is InChI=1S/C18H18O3/c1-12-8-13(2)10-15(9-12)18(20)11-17(19)14-4-6-16(21-3)7-5-14/h4-10H,11H2,1-3H3. The van der Waals surface area contributed by atoms with Crippen molar-refractivity contribution >= 4 is 11.6 Å². The molecule has 0 aromatic heterocycles. The fourth-order valence-electron chi connectivity index (χ4n) is 2.26. The minimum atomic E-state index is -0.179. The summed E-state index contributed by atoms with van der Waals surface area (Å²) in [4.78, 5) is 24.3. The van der Waals surface area contributed by atoms with Crippen LogP contribution in [0.5, 0.6) is 5.75 Å². The number of carbonyl (C=O) groups excluding carboxylic acids is 2. The predicted octanol–water partition coefficient (Wildman–Crippen LogP) is 3.77. The first-order valence-corrected chi connectivity index (χ1v) is 6.78. The van der Waals surface area contributed by atoms with E-state index in [0.29, 0.717) is 16.9 Å². The molecule has 0 amide bonds. The average Bonchev–Trinajstić information content (AvgIpc) is 2.46. The quantitative estimate of drug-likeness (QED) is 0.619. The van der Waals surface area contributed by atoms with Gasteiger partial charge in [-0.2, -0.15) is 0 Å². The first-order chi connectivity index (χ1) is 9.99. The Bertz CT molecular complexity index is 649. The minimum Gasteiger partial charge on any atom is -0.497 e. The Balaban J connectivity index is 2.12. The van der Waals surface area contributed by atoms with Crippen molar-refractivity contribution in [2.24, 2.45) is 0 Å². The maximum absolute atomic E-state index is 12.2. The van der Waals surface area contributed by atoms with Crippen molar-refractivity contribution in [2.75, 3.05) is 7.11 Å². The van der Waals surface area contributed by atoms with Crippen LogP contribution >= 0.6 is 0 Å². The van der Waals surface area contributed by atoms with E-state index in [1.165, 1.54) is 0 Å². The molecule has 21 heavy (non-hydrogen) atoms. The van der Waals surface area contributed by atoms with Crippen LogP contribution < -0.4 is 4.74 Å². The lowest BCUT2D eigenvalue weighted by molar-refractivity contribution is 0.0894.